The van der Waals surface area contributed by atoms with Gasteiger partial charge in [-0.05, 0) is 50.4 Å². The predicted molar refractivity (Wildman–Crippen MR) is 83.4 cm³/mol. The van der Waals surface area contributed by atoms with Crippen molar-refractivity contribution in [2.45, 2.75) is 56.1 Å². The minimum absolute atomic E-state index is 0.0393. The summed E-state index contributed by atoms with van der Waals surface area (Å²) in [5, 5.41) is 4.45. The minimum Gasteiger partial charge on any atom is -0.481 e. The molecule has 3 atom stereocenters. The number of hydrogen-bond acceptors (Lipinski definition) is 4. The molecule has 11 heteroatoms. The molecule has 0 radical (unpaired) electrons. The quantitative estimate of drug-likeness (QED) is 0.376. The van der Waals surface area contributed by atoms with Gasteiger partial charge in [-0.2, -0.15) is 17.6 Å². The van der Waals surface area contributed by atoms with E-state index in [2.05, 4.69) is 0 Å². The summed E-state index contributed by atoms with van der Waals surface area (Å²) in [4.78, 5) is 24.3. The number of carboxylic acid groups (broad SMARTS) is 1. The predicted octanol–water partition coefficient (Wildman–Crippen LogP) is 3.04. The van der Waals surface area contributed by atoms with Crippen LogP contribution in [0.15, 0.2) is 0 Å². The van der Waals surface area contributed by atoms with Crippen LogP contribution in [0, 0.1) is 22.7 Å². The molecule has 4 saturated carbocycles. The van der Waals surface area contributed by atoms with Crippen molar-refractivity contribution >= 4 is 23.0 Å². The van der Waals surface area contributed by atoms with Gasteiger partial charge in [0.2, 0.25) is 11.1 Å². The second-order valence-electron chi connectivity index (χ2n) is 8.18. The van der Waals surface area contributed by atoms with Crippen LogP contribution in [-0.2, 0) is 25.4 Å². The van der Waals surface area contributed by atoms with Gasteiger partial charge in [0.05, 0.1) is 23.9 Å². The van der Waals surface area contributed by atoms with E-state index in [4.69, 9.17) is 9.29 Å². The normalized spacial score (nSPS) is 36.5. The fourth-order valence-corrected chi connectivity index (χ4v) is 5.81. The maximum Gasteiger partial charge on any atom is 0.406 e. The smallest absolute Gasteiger partial charge is 0.406 e. The lowest BCUT2D eigenvalue weighted by molar-refractivity contribution is -0.195. The second kappa shape index (κ2) is 6.40. The summed E-state index contributed by atoms with van der Waals surface area (Å²) in [5.74, 6) is -6.57. The first-order valence-corrected chi connectivity index (χ1v) is 9.72. The molecule has 0 spiro atoms. The summed E-state index contributed by atoms with van der Waals surface area (Å²) in [6, 6.07) is 0. The van der Waals surface area contributed by atoms with Crippen LogP contribution >= 0.6 is 0 Å². The van der Waals surface area contributed by atoms with E-state index in [-0.39, 0.29) is 18.3 Å². The maximum absolute atomic E-state index is 13.5. The molecule has 4 rings (SSSR count). The summed E-state index contributed by atoms with van der Waals surface area (Å²) in [7, 11) is 0. The topological polar surface area (TPSA) is 101 Å². The van der Waals surface area contributed by atoms with Crippen LogP contribution in [0.25, 0.3) is 0 Å². The molecule has 0 aliphatic heterocycles. The number of halogens is 4. The summed E-state index contributed by atoms with van der Waals surface area (Å²) in [5.41, 5.74) is -2.10. The first-order chi connectivity index (χ1) is 12.3. The number of ether oxygens (including phenoxy) is 1. The Morgan fingerprint density at radius 2 is 1.59 bits per heavy atom. The zero-order valence-corrected chi connectivity index (χ0v) is 15.1. The zero-order chi connectivity index (χ0) is 20.3. The average Bonchev–Trinajstić information content (AvgIpc) is 2.52. The SMILES string of the molecule is O=C(O)C12CC3CC(C1)CC(C(=O)OCCC(F)(F)C(F)(F)S(=O)O)(C3)C2. The fraction of sp³-hybridized carbons (Fsp3) is 0.875. The monoisotopic (exact) mass is 416 g/mol. The van der Waals surface area contributed by atoms with Crippen molar-refractivity contribution in [1.29, 1.82) is 0 Å². The highest BCUT2D eigenvalue weighted by Gasteiger charge is 2.64. The van der Waals surface area contributed by atoms with E-state index in [0.717, 1.165) is 6.42 Å². The molecule has 4 aliphatic carbocycles. The lowest BCUT2D eigenvalue weighted by Gasteiger charge is -2.59. The third kappa shape index (κ3) is 3.26. The van der Waals surface area contributed by atoms with E-state index in [1.807, 2.05) is 0 Å². The molecule has 4 fully saturated rings. The highest BCUT2D eigenvalue weighted by Crippen LogP contribution is 2.65. The Morgan fingerprint density at radius 3 is 2.07 bits per heavy atom. The largest absolute Gasteiger partial charge is 0.481 e. The number of aliphatic carboxylic acids is 1. The number of carbonyl (C=O) groups is 2. The maximum atomic E-state index is 13.5. The van der Waals surface area contributed by atoms with Gasteiger partial charge in [0, 0.05) is 0 Å². The van der Waals surface area contributed by atoms with Gasteiger partial charge in [-0.3, -0.25) is 9.59 Å². The third-order valence-electron chi connectivity index (χ3n) is 6.24. The van der Waals surface area contributed by atoms with Gasteiger partial charge in [-0.25, -0.2) is 4.21 Å². The van der Waals surface area contributed by atoms with E-state index < -0.39 is 58.1 Å². The van der Waals surface area contributed by atoms with Crippen molar-refractivity contribution in [2.75, 3.05) is 6.61 Å². The molecule has 3 unspecified atom stereocenters. The molecule has 0 aromatic heterocycles. The van der Waals surface area contributed by atoms with Gasteiger partial charge in [-0.1, -0.05) is 0 Å². The van der Waals surface area contributed by atoms with E-state index in [0.29, 0.717) is 25.7 Å². The second-order valence-corrected chi connectivity index (χ2v) is 9.19. The lowest BCUT2D eigenvalue weighted by atomic mass is 9.44. The Morgan fingerprint density at radius 1 is 1.07 bits per heavy atom. The zero-order valence-electron chi connectivity index (χ0n) is 14.3. The Labute approximate surface area is 154 Å². The van der Waals surface area contributed by atoms with Crippen molar-refractivity contribution < 1.29 is 45.8 Å². The fourth-order valence-electron chi connectivity index (χ4n) is 5.45. The van der Waals surface area contributed by atoms with Crippen molar-refractivity contribution in [2.24, 2.45) is 22.7 Å². The van der Waals surface area contributed by atoms with Crippen LogP contribution in [0.5, 0.6) is 0 Å². The molecule has 4 bridgehead atoms. The molecule has 0 heterocycles. The van der Waals surface area contributed by atoms with Gasteiger partial charge < -0.3 is 14.4 Å². The Kier molecular flexibility index (Phi) is 4.86. The van der Waals surface area contributed by atoms with Crippen LogP contribution in [0.4, 0.5) is 17.6 Å². The van der Waals surface area contributed by atoms with E-state index in [1.165, 1.54) is 0 Å². The van der Waals surface area contributed by atoms with Gasteiger partial charge in [0.15, 0.2) is 0 Å². The molecule has 154 valence electrons. The Hall–Kier alpha value is -1.23. The van der Waals surface area contributed by atoms with Gasteiger partial charge >= 0.3 is 23.1 Å². The molecule has 0 saturated heterocycles. The number of rotatable bonds is 7. The van der Waals surface area contributed by atoms with Crippen LogP contribution in [-0.4, -0.2) is 43.6 Å². The van der Waals surface area contributed by atoms with E-state index in [1.54, 1.807) is 0 Å². The third-order valence-corrected chi connectivity index (χ3v) is 6.98. The van der Waals surface area contributed by atoms with Crippen LogP contribution in [0.2, 0.25) is 0 Å². The lowest BCUT2D eigenvalue weighted by Crippen LogP contribution is -2.58. The van der Waals surface area contributed by atoms with Gasteiger partial charge in [0.1, 0.15) is 0 Å². The van der Waals surface area contributed by atoms with Crippen molar-refractivity contribution in [3.63, 3.8) is 0 Å². The van der Waals surface area contributed by atoms with Crippen molar-refractivity contribution in [3.05, 3.63) is 0 Å². The van der Waals surface area contributed by atoms with E-state index in [9.17, 15) is 36.5 Å². The average molecular weight is 416 g/mol. The molecular weight excluding hydrogens is 396 g/mol. The number of carboxylic acids is 1. The molecular formula is C16H20F4O6S. The van der Waals surface area contributed by atoms with Crippen LogP contribution in [0.3, 0.4) is 0 Å². The number of hydrogen-bond donors (Lipinski definition) is 2. The molecule has 2 N–H and O–H groups in total. The molecule has 27 heavy (non-hydrogen) atoms. The number of carbonyl (C=O) groups excluding carboxylic acids is 1. The molecule has 0 amide bonds. The molecule has 0 aromatic carbocycles. The summed E-state index contributed by atoms with van der Waals surface area (Å²) in [6.07, 6.45) is 1.03. The van der Waals surface area contributed by atoms with E-state index >= 15 is 0 Å². The summed E-state index contributed by atoms with van der Waals surface area (Å²) in [6.45, 7) is -1.05. The Bertz CT molecular complexity index is 668. The number of alkyl halides is 4. The molecule has 0 aromatic rings. The Balaban J connectivity index is 1.67. The van der Waals surface area contributed by atoms with Crippen LogP contribution < -0.4 is 0 Å². The minimum atomic E-state index is -5.16. The van der Waals surface area contributed by atoms with Gasteiger partial charge in [0.25, 0.3) is 0 Å². The highest BCUT2D eigenvalue weighted by atomic mass is 32.2. The summed E-state index contributed by atoms with van der Waals surface area (Å²) < 4.78 is 76.7. The molecule has 6 nitrogen and oxygen atoms in total. The van der Waals surface area contributed by atoms with Gasteiger partial charge in [-0.15, -0.1) is 0 Å². The first-order valence-electron chi connectivity index (χ1n) is 8.61. The summed E-state index contributed by atoms with van der Waals surface area (Å²) >= 11 is -4.07. The first kappa shape index (κ1) is 20.5. The van der Waals surface area contributed by atoms with Crippen molar-refractivity contribution in [3.8, 4) is 0 Å². The van der Waals surface area contributed by atoms with Crippen molar-refractivity contribution in [1.82, 2.24) is 0 Å². The number of esters is 1. The standard InChI is InChI=1S/C16H20F4O6S/c17-15(18,16(19,20)27(24)25)1-2-26-12(23)14-6-9-3-10(7-14)5-13(4-9,8-14)11(21)22/h9-10H,1-8H2,(H,21,22)(H,24,25). The highest BCUT2D eigenvalue weighted by molar-refractivity contribution is 7.80. The van der Waals surface area contributed by atoms with Crippen LogP contribution in [0.1, 0.15) is 44.9 Å². The molecule has 4 aliphatic rings.